The van der Waals surface area contributed by atoms with Gasteiger partial charge in [0.05, 0.1) is 20.1 Å². The monoisotopic (exact) mass is 288 g/mol. The van der Waals surface area contributed by atoms with Gasteiger partial charge in [0, 0.05) is 0 Å². The minimum atomic E-state index is -0.883. The lowest BCUT2D eigenvalue weighted by Crippen LogP contribution is -2.08. The summed E-state index contributed by atoms with van der Waals surface area (Å²) in [4.78, 5) is 10.9. The third-order valence-corrected chi connectivity index (χ3v) is 3.12. The highest BCUT2D eigenvalue weighted by Crippen LogP contribution is 2.37. The molecule has 0 aliphatic carbocycles. The van der Waals surface area contributed by atoms with Crippen molar-refractivity contribution in [3.05, 3.63) is 22.2 Å². The minimum Gasteiger partial charge on any atom is -0.495 e. The van der Waals surface area contributed by atoms with E-state index in [0.29, 0.717) is 21.5 Å². The summed E-state index contributed by atoms with van der Waals surface area (Å²) in [6.07, 6.45) is 0. The first-order valence-corrected chi connectivity index (χ1v) is 5.44. The molecule has 1 aromatic rings. The molecule has 0 saturated carbocycles. The molecule has 1 unspecified atom stereocenters. The van der Waals surface area contributed by atoms with E-state index in [4.69, 9.17) is 14.6 Å². The fraction of sp³-hybridized carbons (Fsp3) is 0.364. The van der Waals surface area contributed by atoms with Gasteiger partial charge in [0.2, 0.25) is 0 Å². The zero-order valence-corrected chi connectivity index (χ0v) is 10.9. The largest absolute Gasteiger partial charge is 0.495 e. The molecule has 1 aromatic carbocycles. The van der Waals surface area contributed by atoms with Crippen LogP contribution in [0.5, 0.6) is 11.5 Å². The minimum absolute atomic E-state index is 0.558. The maximum absolute atomic E-state index is 10.9. The molecule has 0 heterocycles. The summed E-state index contributed by atoms with van der Waals surface area (Å²) in [5.74, 6) is -0.368. The van der Waals surface area contributed by atoms with E-state index < -0.39 is 11.9 Å². The number of ether oxygens (including phenoxy) is 2. The highest BCUT2D eigenvalue weighted by atomic mass is 79.9. The van der Waals surface area contributed by atoms with E-state index in [2.05, 4.69) is 15.9 Å². The van der Waals surface area contributed by atoms with E-state index in [9.17, 15) is 4.79 Å². The first kappa shape index (κ1) is 12.8. The number of carboxylic acid groups (broad SMARTS) is 1. The Kier molecular flexibility index (Phi) is 4.18. The Bertz CT molecular complexity index is 378. The van der Waals surface area contributed by atoms with Crippen molar-refractivity contribution < 1.29 is 19.4 Å². The Labute approximate surface area is 102 Å². The first-order chi connectivity index (χ1) is 7.51. The van der Waals surface area contributed by atoms with Crippen LogP contribution in [0, 0.1) is 0 Å². The molecule has 5 heteroatoms. The van der Waals surface area contributed by atoms with E-state index in [1.807, 2.05) is 0 Å². The summed E-state index contributed by atoms with van der Waals surface area (Å²) >= 11 is 3.32. The zero-order chi connectivity index (χ0) is 12.3. The highest BCUT2D eigenvalue weighted by Gasteiger charge is 2.18. The first-order valence-electron chi connectivity index (χ1n) is 4.65. The van der Waals surface area contributed by atoms with E-state index in [-0.39, 0.29) is 0 Å². The normalized spacial score (nSPS) is 12.0. The maximum Gasteiger partial charge on any atom is 0.310 e. The van der Waals surface area contributed by atoms with E-state index in [0.717, 1.165) is 0 Å². The molecule has 0 amide bonds. The van der Waals surface area contributed by atoms with Crippen molar-refractivity contribution >= 4 is 21.9 Å². The second-order valence-electron chi connectivity index (χ2n) is 3.30. The molecule has 1 atom stereocenters. The van der Waals surface area contributed by atoms with Crippen molar-refractivity contribution in [3.63, 3.8) is 0 Å². The molecule has 0 fully saturated rings. The van der Waals surface area contributed by atoms with Crippen molar-refractivity contribution in [1.29, 1.82) is 0 Å². The van der Waals surface area contributed by atoms with Crippen molar-refractivity contribution in [2.24, 2.45) is 0 Å². The van der Waals surface area contributed by atoms with Gasteiger partial charge >= 0.3 is 5.97 Å². The number of benzene rings is 1. The number of methoxy groups -OCH3 is 2. The molecule has 16 heavy (non-hydrogen) atoms. The molecule has 88 valence electrons. The fourth-order valence-corrected chi connectivity index (χ4v) is 1.83. The molecule has 0 aromatic heterocycles. The van der Waals surface area contributed by atoms with Crippen molar-refractivity contribution in [1.82, 2.24) is 0 Å². The number of carbonyl (C=O) groups is 1. The molecular formula is C11H13BrO4. The topological polar surface area (TPSA) is 55.8 Å². The Morgan fingerprint density at radius 1 is 1.31 bits per heavy atom. The Morgan fingerprint density at radius 3 is 2.06 bits per heavy atom. The van der Waals surface area contributed by atoms with Gasteiger partial charge in [-0.1, -0.05) is 0 Å². The summed E-state index contributed by atoms with van der Waals surface area (Å²) in [5, 5.41) is 8.94. The van der Waals surface area contributed by atoms with Gasteiger partial charge in [0.1, 0.15) is 16.0 Å². The van der Waals surface area contributed by atoms with Gasteiger partial charge in [-0.2, -0.15) is 0 Å². The lowest BCUT2D eigenvalue weighted by molar-refractivity contribution is -0.138. The predicted octanol–water partition coefficient (Wildman–Crippen LogP) is 2.65. The quantitative estimate of drug-likeness (QED) is 0.925. The number of aliphatic carboxylic acids is 1. The highest BCUT2D eigenvalue weighted by molar-refractivity contribution is 9.10. The van der Waals surface area contributed by atoms with Crippen LogP contribution >= 0.6 is 15.9 Å². The van der Waals surface area contributed by atoms with Gasteiger partial charge in [-0.25, -0.2) is 0 Å². The van der Waals surface area contributed by atoms with Gasteiger partial charge in [0.15, 0.2) is 0 Å². The van der Waals surface area contributed by atoms with Crippen LogP contribution in [-0.2, 0) is 4.79 Å². The van der Waals surface area contributed by atoms with Gasteiger partial charge < -0.3 is 14.6 Å². The maximum atomic E-state index is 10.9. The second kappa shape index (κ2) is 5.21. The number of hydrogen-bond donors (Lipinski definition) is 1. The third-order valence-electron chi connectivity index (χ3n) is 2.34. The van der Waals surface area contributed by atoms with Crippen molar-refractivity contribution in [3.8, 4) is 11.5 Å². The van der Waals surface area contributed by atoms with E-state index in [1.54, 1.807) is 19.1 Å². The Hall–Kier alpha value is -1.23. The second-order valence-corrected chi connectivity index (χ2v) is 4.09. The van der Waals surface area contributed by atoms with Crippen molar-refractivity contribution in [2.75, 3.05) is 14.2 Å². The molecule has 0 aliphatic heterocycles. The van der Waals surface area contributed by atoms with Gasteiger partial charge in [-0.15, -0.1) is 0 Å². The Balaban J connectivity index is 3.26. The average Bonchev–Trinajstić information content (AvgIpc) is 2.28. The molecule has 0 saturated heterocycles. The molecule has 0 spiro atoms. The number of carboxylic acids is 1. The molecule has 0 bridgehead atoms. The molecule has 1 N–H and O–H groups in total. The predicted molar refractivity (Wildman–Crippen MR) is 63.3 cm³/mol. The summed E-state index contributed by atoms with van der Waals surface area (Å²) in [5.41, 5.74) is 0.643. The molecule has 0 aliphatic rings. The van der Waals surface area contributed by atoms with Gasteiger partial charge in [-0.05, 0) is 40.5 Å². The average molecular weight is 289 g/mol. The van der Waals surface area contributed by atoms with Crippen LogP contribution in [0.4, 0.5) is 0 Å². The molecule has 4 nitrogen and oxygen atoms in total. The number of rotatable bonds is 4. The molecule has 1 rings (SSSR count). The molecular weight excluding hydrogens is 276 g/mol. The van der Waals surface area contributed by atoms with Gasteiger partial charge in [0.25, 0.3) is 0 Å². The van der Waals surface area contributed by atoms with E-state index >= 15 is 0 Å². The van der Waals surface area contributed by atoms with Crippen LogP contribution in [0.1, 0.15) is 18.4 Å². The Morgan fingerprint density at radius 2 is 1.75 bits per heavy atom. The zero-order valence-electron chi connectivity index (χ0n) is 9.28. The van der Waals surface area contributed by atoms with Crippen LogP contribution in [0.2, 0.25) is 0 Å². The van der Waals surface area contributed by atoms with Crippen LogP contribution in [0.3, 0.4) is 0 Å². The summed E-state index contributed by atoms with van der Waals surface area (Å²) in [7, 11) is 3.05. The number of hydrogen-bond acceptors (Lipinski definition) is 3. The summed E-state index contributed by atoms with van der Waals surface area (Å²) in [6.45, 7) is 1.62. The fourth-order valence-electron chi connectivity index (χ4n) is 1.28. The number of halogens is 1. The molecule has 0 radical (unpaired) electrons. The lowest BCUT2D eigenvalue weighted by atomic mass is 10.0. The SMILES string of the molecule is COc1cc(C(C)C(=O)O)cc(OC)c1Br. The van der Waals surface area contributed by atoms with E-state index in [1.165, 1.54) is 14.2 Å². The van der Waals surface area contributed by atoms with Crippen LogP contribution in [0.25, 0.3) is 0 Å². The lowest BCUT2D eigenvalue weighted by Gasteiger charge is -2.13. The summed E-state index contributed by atoms with van der Waals surface area (Å²) < 4.78 is 11.0. The van der Waals surface area contributed by atoms with Crippen LogP contribution in [-0.4, -0.2) is 25.3 Å². The third kappa shape index (κ3) is 2.47. The standard InChI is InChI=1S/C11H13BrO4/c1-6(11(13)14)7-4-8(15-2)10(12)9(5-7)16-3/h4-6H,1-3H3,(H,13,14). The van der Waals surface area contributed by atoms with Gasteiger partial charge in [-0.3, -0.25) is 4.79 Å². The van der Waals surface area contributed by atoms with Crippen LogP contribution in [0.15, 0.2) is 16.6 Å². The summed E-state index contributed by atoms with van der Waals surface area (Å²) in [6, 6.07) is 3.37. The van der Waals surface area contributed by atoms with Crippen molar-refractivity contribution in [2.45, 2.75) is 12.8 Å². The smallest absolute Gasteiger partial charge is 0.310 e. The van der Waals surface area contributed by atoms with Crippen LogP contribution < -0.4 is 9.47 Å².